The molecule has 0 heterocycles. The van der Waals surface area contributed by atoms with Crippen LogP contribution in [0.4, 0.5) is 0 Å². The van der Waals surface area contributed by atoms with Crippen molar-refractivity contribution in [2.45, 2.75) is 25.7 Å². The normalized spacial score (nSPS) is 12.9. The monoisotopic (exact) mass is 536 g/mol. The third-order valence-corrected chi connectivity index (χ3v) is 7.11. The van der Waals surface area contributed by atoms with Crippen LogP contribution in [0.5, 0.6) is 11.5 Å². The molecule has 0 radical (unpaired) electrons. The van der Waals surface area contributed by atoms with Gasteiger partial charge in [0.2, 0.25) is 0 Å². The van der Waals surface area contributed by atoms with Crippen molar-refractivity contribution in [3.8, 4) is 11.5 Å². The van der Waals surface area contributed by atoms with Crippen LogP contribution in [0.2, 0.25) is 0 Å². The molecule has 0 amide bonds. The number of rotatable bonds is 10. The minimum atomic E-state index is -0.558. The molecule has 6 heteroatoms. The first kappa shape index (κ1) is 27.0. The molecule has 0 spiro atoms. The van der Waals surface area contributed by atoms with Gasteiger partial charge in [0.15, 0.2) is 0 Å². The summed E-state index contributed by atoms with van der Waals surface area (Å²) in [6.07, 6.45) is 0.864. The minimum absolute atomic E-state index is 0.205. The molecule has 204 valence electrons. The summed E-state index contributed by atoms with van der Waals surface area (Å²) in [4.78, 5) is 22.1. The molecule has 0 N–H and O–H groups in total. The third kappa shape index (κ3) is 5.57. The van der Waals surface area contributed by atoms with E-state index in [9.17, 15) is 9.59 Å². The Hall–Kier alpha value is -4.58. The van der Waals surface area contributed by atoms with Gasteiger partial charge in [0.05, 0.1) is 5.41 Å². The quantitative estimate of drug-likeness (QED) is 0.165. The lowest BCUT2D eigenvalue weighted by Gasteiger charge is -2.42. The fourth-order valence-corrected chi connectivity index (χ4v) is 5.51. The van der Waals surface area contributed by atoms with Gasteiger partial charge in [0, 0.05) is 13.8 Å². The highest BCUT2D eigenvalue weighted by atomic mass is 16.6. The van der Waals surface area contributed by atoms with Crippen LogP contribution in [-0.4, -0.2) is 38.4 Å². The van der Waals surface area contributed by atoms with Gasteiger partial charge in [-0.05, 0) is 64.1 Å². The zero-order valence-electron chi connectivity index (χ0n) is 22.7. The molecule has 40 heavy (non-hydrogen) atoms. The van der Waals surface area contributed by atoms with Crippen molar-refractivity contribution in [1.82, 2.24) is 0 Å². The van der Waals surface area contributed by atoms with Crippen molar-refractivity contribution < 1.29 is 28.5 Å². The molecule has 0 atom stereocenters. The van der Waals surface area contributed by atoms with Crippen LogP contribution in [0.25, 0.3) is 0 Å². The first-order valence-corrected chi connectivity index (χ1v) is 13.4. The number of carbonyl (C=O) groups is 2. The molecule has 4 aromatic rings. The number of carbonyl (C=O) groups excluding carboxylic acids is 2. The fraction of sp³-hybridized carbons (Fsp3) is 0.235. The SMILES string of the molecule is CC(=O)OCCOc1ccc(C2(c3ccc(OCCOC(C)=O)cc3)c3ccccc3Cc3ccccc32)cc1. The molecule has 0 saturated heterocycles. The van der Waals surface area contributed by atoms with E-state index in [2.05, 4.69) is 72.8 Å². The number of hydrogen-bond donors (Lipinski definition) is 0. The highest BCUT2D eigenvalue weighted by Crippen LogP contribution is 2.51. The van der Waals surface area contributed by atoms with Gasteiger partial charge < -0.3 is 18.9 Å². The summed E-state index contributed by atoms with van der Waals surface area (Å²) in [7, 11) is 0. The lowest BCUT2D eigenvalue weighted by molar-refractivity contribution is -0.142. The van der Waals surface area contributed by atoms with E-state index < -0.39 is 5.41 Å². The minimum Gasteiger partial charge on any atom is -0.490 e. The van der Waals surface area contributed by atoms with Gasteiger partial charge >= 0.3 is 11.9 Å². The highest BCUT2D eigenvalue weighted by molar-refractivity contribution is 5.67. The maximum absolute atomic E-state index is 11.1. The van der Waals surface area contributed by atoms with Crippen molar-refractivity contribution in [2.75, 3.05) is 26.4 Å². The van der Waals surface area contributed by atoms with E-state index in [-0.39, 0.29) is 38.4 Å². The second-order valence-electron chi connectivity index (χ2n) is 9.67. The molecular formula is C34H32O6. The van der Waals surface area contributed by atoms with Crippen LogP contribution in [0, 0.1) is 0 Å². The van der Waals surface area contributed by atoms with Gasteiger partial charge in [-0.1, -0.05) is 72.8 Å². The summed E-state index contributed by atoms with van der Waals surface area (Å²) >= 11 is 0. The Morgan fingerprint density at radius 1 is 0.575 bits per heavy atom. The van der Waals surface area contributed by atoms with Gasteiger partial charge in [0.1, 0.15) is 37.9 Å². The van der Waals surface area contributed by atoms with Gasteiger partial charge in [-0.3, -0.25) is 9.59 Å². The van der Waals surface area contributed by atoms with Gasteiger partial charge in [-0.15, -0.1) is 0 Å². The molecule has 0 saturated carbocycles. The number of fused-ring (bicyclic) bond motifs is 2. The standard InChI is InChI=1S/C34H32O6/c1-24(35)37-19-21-39-30-15-11-28(12-16-30)34(29-13-17-31(18-14-29)40-22-20-38-25(2)36)32-9-5-3-7-26(32)23-27-8-4-6-10-33(27)34/h3-18H,19-23H2,1-2H3. The molecule has 0 fully saturated rings. The van der Waals surface area contributed by atoms with Crippen LogP contribution < -0.4 is 9.47 Å². The number of hydrogen-bond acceptors (Lipinski definition) is 6. The van der Waals surface area contributed by atoms with E-state index in [1.165, 1.54) is 36.1 Å². The summed E-state index contributed by atoms with van der Waals surface area (Å²) in [5, 5.41) is 0. The summed E-state index contributed by atoms with van der Waals surface area (Å²) in [6, 6.07) is 33.6. The van der Waals surface area contributed by atoms with Gasteiger partial charge in [0.25, 0.3) is 0 Å². The Balaban J connectivity index is 1.55. The zero-order valence-corrected chi connectivity index (χ0v) is 22.7. The third-order valence-electron chi connectivity index (χ3n) is 7.11. The molecule has 1 aliphatic rings. The predicted octanol–water partition coefficient (Wildman–Crippen LogP) is 5.86. The molecule has 0 aliphatic heterocycles. The van der Waals surface area contributed by atoms with E-state index in [4.69, 9.17) is 18.9 Å². The maximum atomic E-state index is 11.1. The smallest absolute Gasteiger partial charge is 0.302 e. The lowest BCUT2D eigenvalue weighted by Crippen LogP contribution is -2.36. The van der Waals surface area contributed by atoms with Crippen molar-refractivity contribution in [3.63, 3.8) is 0 Å². The summed E-state index contributed by atoms with van der Waals surface area (Å²) in [6.45, 7) is 3.75. The van der Waals surface area contributed by atoms with E-state index in [1.54, 1.807) is 0 Å². The molecule has 5 rings (SSSR count). The van der Waals surface area contributed by atoms with Crippen LogP contribution in [0.3, 0.4) is 0 Å². The van der Waals surface area contributed by atoms with E-state index in [0.717, 1.165) is 17.5 Å². The first-order valence-electron chi connectivity index (χ1n) is 13.4. The first-order chi connectivity index (χ1) is 19.5. The lowest BCUT2D eigenvalue weighted by atomic mass is 9.60. The van der Waals surface area contributed by atoms with E-state index in [0.29, 0.717) is 11.5 Å². The summed E-state index contributed by atoms with van der Waals surface area (Å²) in [5.41, 5.74) is 6.71. The Labute approximate surface area is 234 Å². The predicted molar refractivity (Wildman–Crippen MR) is 152 cm³/mol. The van der Waals surface area contributed by atoms with Gasteiger partial charge in [-0.25, -0.2) is 0 Å². The number of ether oxygens (including phenoxy) is 4. The molecule has 0 unspecified atom stereocenters. The van der Waals surface area contributed by atoms with Crippen LogP contribution >= 0.6 is 0 Å². The average Bonchev–Trinajstić information content (AvgIpc) is 2.97. The second-order valence-corrected chi connectivity index (χ2v) is 9.67. The largest absolute Gasteiger partial charge is 0.490 e. The van der Waals surface area contributed by atoms with Crippen molar-refractivity contribution in [2.24, 2.45) is 0 Å². The summed E-state index contributed by atoms with van der Waals surface area (Å²) < 4.78 is 21.6. The topological polar surface area (TPSA) is 71.1 Å². The molecule has 6 nitrogen and oxygen atoms in total. The van der Waals surface area contributed by atoms with E-state index in [1.807, 2.05) is 24.3 Å². The van der Waals surface area contributed by atoms with Crippen LogP contribution in [0.1, 0.15) is 47.2 Å². The molecule has 0 aromatic heterocycles. The zero-order chi connectivity index (χ0) is 28.0. The number of esters is 2. The Morgan fingerprint density at radius 2 is 0.975 bits per heavy atom. The molecular weight excluding hydrogens is 504 g/mol. The Morgan fingerprint density at radius 3 is 1.38 bits per heavy atom. The molecule has 0 bridgehead atoms. The fourth-order valence-electron chi connectivity index (χ4n) is 5.51. The average molecular weight is 537 g/mol. The van der Waals surface area contributed by atoms with Crippen molar-refractivity contribution in [1.29, 1.82) is 0 Å². The Kier molecular flexibility index (Phi) is 8.15. The van der Waals surface area contributed by atoms with E-state index >= 15 is 0 Å². The molecule has 1 aliphatic carbocycles. The molecule has 4 aromatic carbocycles. The van der Waals surface area contributed by atoms with Crippen LogP contribution in [0.15, 0.2) is 97.1 Å². The van der Waals surface area contributed by atoms with Gasteiger partial charge in [-0.2, -0.15) is 0 Å². The summed E-state index contributed by atoms with van der Waals surface area (Å²) in [5.74, 6) is 0.771. The maximum Gasteiger partial charge on any atom is 0.302 e. The second kappa shape index (κ2) is 12.1. The van der Waals surface area contributed by atoms with Crippen LogP contribution in [-0.2, 0) is 30.9 Å². The highest BCUT2D eigenvalue weighted by Gasteiger charge is 2.43. The Bertz CT molecular complexity index is 1360. The van der Waals surface area contributed by atoms with Crippen molar-refractivity contribution >= 4 is 11.9 Å². The number of benzene rings is 4. The van der Waals surface area contributed by atoms with Crippen molar-refractivity contribution in [3.05, 3.63) is 130 Å².